The van der Waals surface area contributed by atoms with Gasteiger partial charge in [0.25, 0.3) is 5.91 Å². The Hall–Kier alpha value is -3.60. The largest absolute Gasteiger partial charge is 0.497 e. The number of carbonyl (C=O) groups is 2. The van der Waals surface area contributed by atoms with Crippen LogP contribution >= 0.6 is 0 Å². The van der Waals surface area contributed by atoms with Crippen molar-refractivity contribution in [3.63, 3.8) is 0 Å². The fourth-order valence-corrected chi connectivity index (χ4v) is 4.07. The number of rotatable bonds is 5. The van der Waals surface area contributed by atoms with Crippen molar-refractivity contribution in [1.82, 2.24) is 5.32 Å². The van der Waals surface area contributed by atoms with Crippen LogP contribution in [0.5, 0.6) is 5.75 Å². The van der Waals surface area contributed by atoms with Gasteiger partial charge in [-0.2, -0.15) is 0 Å². The predicted octanol–water partition coefficient (Wildman–Crippen LogP) is 4.28. The lowest BCUT2D eigenvalue weighted by molar-refractivity contribution is -0.126. The maximum absolute atomic E-state index is 13.5. The first-order valence-electron chi connectivity index (χ1n) is 10.3. The van der Waals surface area contributed by atoms with Crippen LogP contribution in [0, 0.1) is 6.92 Å². The highest BCUT2D eigenvalue weighted by Gasteiger charge is 2.47. The van der Waals surface area contributed by atoms with Gasteiger partial charge in [0, 0.05) is 24.2 Å². The van der Waals surface area contributed by atoms with Crippen molar-refractivity contribution < 1.29 is 14.3 Å². The van der Waals surface area contributed by atoms with Crippen LogP contribution in [0.1, 0.15) is 34.0 Å². The highest BCUT2D eigenvalue weighted by molar-refractivity contribution is 6.14. The molecule has 1 aliphatic heterocycles. The molecule has 0 bridgehead atoms. The number of aryl methyl sites for hydroxylation is 1. The van der Waals surface area contributed by atoms with E-state index in [4.69, 9.17) is 4.74 Å². The molecule has 4 rings (SSSR count). The van der Waals surface area contributed by atoms with E-state index in [-0.39, 0.29) is 11.8 Å². The van der Waals surface area contributed by atoms with Crippen LogP contribution in [0.15, 0.2) is 72.8 Å². The number of methoxy groups -OCH3 is 1. The Morgan fingerprint density at radius 1 is 1.03 bits per heavy atom. The lowest BCUT2D eigenvalue weighted by Gasteiger charge is -2.44. The maximum atomic E-state index is 13.5. The summed E-state index contributed by atoms with van der Waals surface area (Å²) >= 11 is 0. The van der Waals surface area contributed by atoms with Crippen LogP contribution in [-0.4, -0.2) is 24.5 Å². The molecule has 2 amide bonds. The Morgan fingerprint density at radius 2 is 1.71 bits per heavy atom. The quantitative estimate of drug-likeness (QED) is 0.678. The molecule has 0 aliphatic carbocycles. The van der Waals surface area contributed by atoms with Crippen molar-refractivity contribution in [1.29, 1.82) is 0 Å². The van der Waals surface area contributed by atoms with E-state index < -0.39 is 5.54 Å². The molecular weight excluding hydrogens is 388 g/mol. The van der Waals surface area contributed by atoms with Gasteiger partial charge in [-0.05, 0) is 55.3 Å². The smallest absolute Gasteiger partial charge is 0.259 e. The summed E-state index contributed by atoms with van der Waals surface area (Å²) in [6, 6.07) is 22.8. The zero-order valence-corrected chi connectivity index (χ0v) is 18.0. The molecule has 1 N–H and O–H groups in total. The van der Waals surface area contributed by atoms with E-state index in [1.807, 2.05) is 86.6 Å². The van der Waals surface area contributed by atoms with Gasteiger partial charge in [0.05, 0.1) is 7.11 Å². The molecule has 1 heterocycles. The minimum atomic E-state index is -1.05. The molecule has 0 saturated heterocycles. The molecule has 0 fully saturated rings. The summed E-state index contributed by atoms with van der Waals surface area (Å²) in [4.78, 5) is 28.6. The van der Waals surface area contributed by atoms with Gasteiger partial charge < -0.3 is 10.1 Å². The SMILES string of the molecule is COc1ccc(CNC(=O)[C@@]2(C)Cc3ccccc3C(=O)N2c2ccc(C)cc2)cc1. The Bertz CT molecular complexity index is 1110. The summed E-state index contributed by atoms with van der Waals surface area (Å²) < 4.78 is 5.19. The van der Waals surface area contributed by atoms with E-state index in [2.05, 4.69) is 5.32 Å². The minimum absolute atomic E-state index is 0.159. The number of ether oxygens (including phenoxy) is 1. The van der Waals surface area contributed by atoms with Gasteiger partial charge in [-0.3, -0.25) is 14.5 Å². The fraction of sp³-hybridized carbons (Fsp3) is 0.231. The van der Waals surface area contributed by atoms with Gasteiger partial charge in [0.1, 0.15) is 11.3 Å². The second kappa shape index (κ2) is 8.26. The fourth-order valence-electron chi connectivity index (χ4n) is 4.07. The summed E-state index contributed by atoms with van der Waals surface area (Å²) in [5.74, 6) is 0.418. The van der Waals surface area contributed by atoms with Crippen molar-refractivity contribution in [3.05, 3.63) is 95.1 Å². The average Bonchev–Trinajstić information content (AvgIpc) is 2.79. The van der Waals surface area contributed by atoms with Gasteiger partial charge in [0.2, 0.25) is 5.91 Å². The van der Waals surface area contributed by atoms with E-state index in [1.54, 1.807) is 12.0 Å². The van der Waals surface area contributed by atoms with Crippen LogP contribution in [-0.2, 0) is 17.8 Å². The second-order valence-corrected chi connectivity index (χ2v) is 8.11. The van der Waals surface area contributed by atoms with E-state index >= 15 is 0 Å². The number of hydrogen-bond donors (Lipinski definition) is 1. The van der Waals surface area contributed by atoms with Crippen LogP contribution in [0.2, 0.25) is 0 Å². The molecule has 5 heteroatoms. The van der Waals surface area contributed by atoms with E-state index in [0.717, 1.165) is 22.4 Å². The van der Waals surface area contributed by atoms with Crippen molar-refractivity contribution in [2.24, 2.45) is 0 Å². The number of amides is 2. The molecule has 3 aromatic carbocycles. The molecule has 0 saturated carbocycles. The van der Waals surface area contributed by atoms with Crippen LogP contribution < -0.4 is 15.0 Å². The molecule has 31 heavy (non-hydrogen) atoms. The molecule has 0 aromatic heterocycles. The Morgan fingerprint density at radius 3 is 2.39 bits per heavy atom. The Balaban J connectivity index is 1.66. The predicted molar refractivity (Wildman–Crippen MR) is 121 cm³/mol. The number of fused-ring (bicyclic) bond motifs is 1. The zero-order valence-electron chi connectivity index (χ0n) is 18.0. The molecule has 0 spiro atoms. The van der Waals surface area contributed by atoms with Crippen molar-refractivity contribution in [2.45, 2.75) is 32.4 Å². The van der Waals surface area contributed by atoms with Crippen molar-refractivity contribution in [3.8, 4) is 5.75 Å². The van der Waals surface area contributed by atoms with Gasteiger partial charge in [-0.25, -0.2) is 0 Å². The topological polar surface area (TPSA) is 58.6 Å². The number of carbonyl (C=O) groups excluding carboxylic acids is 2. The van der Waals surface area contributed by atoms with Crippen molar-refractivity contribution in [2.75, 3.05) is 12.0 Å². The van der Waals surface area contributed by atoms with Crippen LogP contribution in [0.3, 0.4) is 0 Å². The highest BCUT2D eigenvalue weighted by atomic mass is 16.5. The molecule has 1 aliphatic rings. The number of hydrogen-bond acceptors (Lipinski definition) is 3. The molecule has 0 radical (unpaired) electrons. The summed E-state index contributed by atoms with van der Waals surface area (Å²) in [6.07, 6.45) is 0.442. The lowest BCUT2D eigenvalue weighted by Crippen LogP contribution is -2.63. The summed E-state index contributed by atoms with van der Waals surface area (Å²) in [5, 5.41) is 3.04. The standard InChI is InChI=1S/C26H26N2O3/c1-18-8-12-21(13-9-18)28-24(29)23-7-5-4-6-20(23)16-26(28,2)25(30)27-17-19-10-14-22(31-3)15-11-19/h4-15H,16-17H2,1-3H3,(H,27,30)/t26-/m1/s1. The maximum Gasteiger partial charge on any atom is 0.259 e. The number of anilines is 1. The highest BCUT2D eigenvalue weighted by Crippen LogP contribution is 2.35. The van der Waals surface area contributed by atoms with E-state index in [9.17, 15) is 9.59 Å². The Kier molecular flexibility index (Phi) is 5.51. The third kappa shape index (κ3) is 3.91. The van der Waals surface area contributed by atoms with Gasteiger partial charge in [0.15, 0.2) is 0 Å². The molecular formula is C26H26N2O3. The first kappa shape index (κ1) is 20.7. The molecule has 1 atom stereocenters. The van der Waals surface area contributed by atoms with Gasteiger partial charge >= 0.3 is 0 Å². The summed E-state index contributed by atoms with van der Waals surface area (Å²) in [7, 11) is 1.62. The van der Waals surface area contributed by atoms with Gasteiger partial charge in [-0.15, -0.1) is 0 Å². The first-order valence-corrected chi connectivity index (χ1v) is 10.3. The minimum Gasteiger partial charge on any atom is -0.497 e. The number of nitrogens with zero attached hydrogens (tertiary/aromatic N) is 1. The summed E-state index contributed by atoms with van der Waals surface area (Å²) in [6.45, 7) is 4.21. The molecule has 0 unspecified atom stereocenters. The monoisotopic (exact) mass is 414 g/mol. The summed E-state index contributed by atoms with van der Waals surface area (Å²) in [5.41, 5.74) is 3.25. The third-order valence-electron chi connectivity index (χ3n) is 5.87. The first-order chi connectivity index (χ1) is 14.9. The number of nitrogens with one attached hydrogen (secondary N) is 1. The van der Waals surface area contributed by atoms with Crippen LogP contribution in [0.4, 0.5) is 5.69 Å². The van der Waals surface area contributed by atoms with Crippen molar-refractivity contribution >= 4 is 17.5 Å². The molecule has 3 aromatic rings. The van der Waals surface area contributed by atoms with Gasteiger partial charge in [-0.1, -0.05) is 48.0 Å². The third-order valence-corrected chi connectivity index (χ3v) is 5.87. The van der Waals surface area contributed by atoms with Crippen LogP contribution in [0.25, 0.3) is 0 Å². The van der Waals surface area contributed by atoms with E-state index in [0.29, 0.717) is 24.2 Å². The zero-order chi connectivity index (χ0) is 22.0. The molecule has 158 valence electrons. The Labute approximate surface area is 182 Å². The van der Waals surface area contributed by atoms with E-state index in [1.165, 1.54) is 0 Å². The average molecular weight is 415 g/mol. The molecule has 5 nitrogen and oxygen atoms in total. The second-order valence-electron chi connectivity index (χ2n) is 8.11. The number of benzene rings is 3. The lowest BCUT2D eigenvalue weighted by atomic mass is 9.82. The normalized spacial score (nSPS) is 17.8.